The lowest BCUT2D eigenvalue weighted by Crippen LogP contribution is -2.33. The molecular formula is C14H20N3O8P. The van der Waals surface area contributed by atoms with Crippen LogP contribution in [0, 0.1) is 6.92 Å². The average molecular weight is 389 g/mol. The molecule has 0 spiro atoms. The number of hydrogen-bond donors (Lipinski definition) is 4. The summed E-state index contributed by atoms with van der Waals surface area (Å²) in [6.45, 7) is 1.31. The van der Waals surface area contributed by atoms with Gasteiger partial charge in [-0.1, -0.05) is 6.08 Å². The quantitative estimate of drug-likeness (QED) is 0.256. The van der Waals surface area contributed by atoms with Gasteiger partial charge in [0.15, 0.2) is 6.23 Å². The Morgan fingerprint density at radius 3 is 2.88 bits per heavy atom. The highest BCUT2D eigenvalue weighted by Crippen LogP contribution is 2.37. The second-order valence-electron chi connectivity index (χ2n) is 5.65. The summed E-state index contributed by atoms with van der Waals surface area (Å²) in [6.07, 6.45) is 3.11. The van der Waals surface area contributed by atoms with Crippen molar-refractivity contribution in [2.24, 2.45) is 0 Å². The number of hydrogen-bond acceptors (Lipinski definition) is 6. The van der Waals surface area contributed by atoms with Crippen LogP contribution in [0.15, 0.2) is 27.9 Å². The first-order valence-electron chi connectivity index (χ1n) is 7.78. The van der Waals surface area contributed by atoms with Crippen molar-refractivity contribution in [1.82, 2.24) is 14.6 Å². The molecule has 1 unspecified atom stereocenters. The van der Waals surface area contributed by atoms with Crippen LogP contribution in [-0.4, -0.2) is 44.8 Å². The van der Waals surface area contributed by atoms with Gasteiger partial charge in [-0.25, -0.2) is 14.4 Å². The Bertz CT molecular complexity index is 845. The number of carboxylic acids is 1. The first-order chi connectivity index (χ1) is 12.2. The first kappa shape index (κ1) is 20.3. The Morgan fingerprint density at radius 2 is 2.19 bits per heavy atom. The molecule has 1 aliphatic heterocycles. The van der Waals surface area contributed by atoms with Crippen molar-refractivity contribution < 1.29 is 28.6 Å². The minimum absolute atomic E-state index is 0.0100. The highest BCUT2D eigenvalue weighted by molar-refractivity contribution is 7.50. The summed E-state index contributed by atoms with van der Waals surface area (Å²) in [5, 5.41) is 10.8. The largest absolute Gasteiger partial charge is 0.481 e. The van der Waals surface area contributed by atoms with Crippen molar-refractivity contribution in [3.63, 3.8) is 0 Å². The van der Waals surface area contributed by atoms with Crippen LogP contribution in [0.25, 0.3) is 0 Å². The van der Waals surface area contributed by atoms with E-state index in [1.165, 1.54) is 10.8 Å². The van der Waals surface area contributed by atoms with Crippen molar-refractivity contribution in [1.29, 1.82) is 0 Å². The molecule has 0 radical (unpaired) electrons. The molecule has 2 heterocycles. The van der Waals surface area contributed by atoms with E-state index in [0.717, 1.165) is 0 Å². The molecule has 0 fully saturated rings. The van der Waals surface area contributed by atoms with Crippen LogP contribution in [0.4, 0.5) is 0 Å². The first-order valence-corrected chi connectivity index (χ1v) is 9.36. The zero-order valence-corrected chi connectivity index (χ0v) is 14.8. The van der Waals surface area contributed by atoms with E-state index in [-0.39, 0.29) is 26.0 Å². The van der Waals surface area contributed by atoms with Crippen molar-refractivity contribution in [2.45, 2.75) is 32.1 Å². The van der Waals surface area contributed by atoms with Crippen LogP contribution in [0.1, 0.15) is 24.6 Å². The van der Waals surface area contributed by atoms with Gasteiger partial charge in [-0.05, 0) is 19.4 Å². The van der Waals surface area contributed by atoms with Gasteiger partial charge < -0.3 is 14.7 Å². The molecule has 0 aliphatic carbocycles. The maximum absolute atomic E-state index is 11.8. The van der Waals surface area contributed by atoms with Crippen LogP contribution < -0.4 is 16.3 Å². The SMILES string of the molecule is Cc1cn([C@H]2C=C[C@@H](COP(=O)(O)NCCCC(=O)O)O2)c(=O)[nH]c1=O. The number of aryl methyl sites for hydroxylation is 1. The summed E-state index contributed by atoms with van der Waals surface area (Å²) < 4.78 is 23.4. The van der Waals surface area contributed by atoms with Crippen molar-refractivity contribution in [3.8, 4) is 0 Å². The number of aromatic amines is 1. The van der Waals surface area contributed by atoms with Gasteiger partial charge in [0.25, 0.3) is 5.56 Å². The Balaban J connectivity index is 1.84. The minimum atomic E-state index is -4.09. The molecule has 4 N–H and O–H groups in total. The second kappa shape index (κ2) is 8.56. The van der Waals surface area contributed by atoms with Gasteiger partial charge in [-0.15, -0.1) is 0 Å². The zero-order valence-electron chi connectivity index (χ0n) is 14.0. The summed E-state index contributed by atoms with van der Waals surface area (Å²) in [4.78, 5) is 45.4. The summed E-state index contributed by atoms with van der Waals surface area (Å²) in [5.41, 5.74) is -0.778. The van der Waals surface area contributed by atoms with E-state index in [0.29, 0.717) is 5.56 Å². The van der Waals surface area contributed by atoms with Gasteiger partial charge in [0.2, 0.25) is 0 Å². The summed E-state index contributed by atoms with van der Waals surface area (Å²) in [5.74, 6) is -0.997. The molecule has 0 amide bonds. The third-order valence-corrected chi connectivity index (χ3v) is 4.64. The molecule has 1 aromatic heterocycles. The number of carboxylic acid groups (broad SMARTS) is 1. The normalized spacial score (nSPS) is 21.6. The van der Waals surface area contributed by atoms with Gasteiger partial charge in [0.05, 0.1) is 6.61 Å². The van der Waals surface area contributed by atoms with Gasteiger partial charge >= 0.3 is 19.4 Å². The van der Waals surface area contributed by atoms with E-state index in [4.69, 9.17) is 14.4 Å². The number of nitrogens with one attached hydrogen (secondary N) is 2. The molecular weight excluding hydrogens is 369 g/mol. The second-order valence-corrected chi connectivity index (χ2v) is 7.27. The predicted octanol–water partition coefficient (Wildman–Crippen LogP) is -0.130. The summed E-state index contributed by atoms with van der Waals surface area (Å²) in [7, 11) is -4.09. The van der Waals surface area contributed by atoms with Gasteiger partial charge in [0, 0.05) is 24.7 Å². The highest BCUT2D eigenvalue weighted by atomic mass is 31.2. The molecule has 0 aromatic carbocycles. The lowest BCUT2D eigenvalue weighted by atomic mass is 10.3. The molecule has 0 saturated carbocycles. The highest BCUT2D eigenvalue weighted by Gasteiger charge is 2.26. The smallest absolute Gasteiger partial charge is 0.403 e. The van der Waals surface area contributed by atoms with Crippen molar-refractivity contribution in [3.05, 3.63) is 44.8 Å². The standard InChI is InChI=1S/C14H20N3O8P/c1-9-7-17(14(21)16-13(9)20)11-5-4-10(25-11)8-24-26(22,23)15-6-2-3-12(18)19/h4-5,7,10-11H,2-3,6,8H2,1H3,(H,18,19)(H2,15,22,23)(H,16,20,21)/t10-,11+/m0/s1. The van der Waals surface area contributed by atoms with Crippen LogP contribution in [0.3, 0.4) is 0 Å². The number of aromatic nitrogens is 2. The van der Waals surface area contributed by atoms with E-state index in [9.17, 15) is 23.8 Å². The summed E-state index contributed by atoms with van der Waals surface area (Å²) >= 11 is 0. The van der Waals surface area contributed by atoms with Crippen LogP contribution in [0.5, 0.6) is 0 Å². The molecule has 1 aromatic rings. The molecule has 1 aliphatic rings. The van der Waals surface area contributed by atoms with Crippen LogP contribution in [-0.2, 0) is 18.6 Å². The topological polar surface area (TPSA) is 160 Å². The summed E-state index contributed by atoms with van der Waals surface area (Å²) in [6, 6.07) is 0. The minimum Gasteiger partial charge on any atom is -0.481 e. The molecule has 26 heavy (non-hydrogen) atoms. The van der Waals surface area contributed by atoms with E-state index in [1.54, 1.807) is 19.1 Å². The predicted molar refractivity (Wildman–Crippen MR) is 89.8 cm³/mol. The fourth-order valence-corrected chi connectivity index (χ4v) is 3.08. The maximum Gasteiger partial charge on any atom is 0.403 e. The van der Waals surface area contributed by atoms with E-state index in [2.05, 4.69) is 10.1 Å². The molecule has 144 valence electrons. The molecule has 11 nitrogen and oxygen atoms in total. The number of carbonyl (C=O) groups is 1. The van der Waals surface area contributed by atoms with E-state index < -0.39 is 37.3 Å². The number of nitrogens with zero attached hydrogens (tertiary/aromatic N) is 1. The van der Waals surface area contributed by atoms with Gasteiger partial charge in [-0.3, -0.25) is 23.7 Å². The maximum atomic E-state index is 11.8. The lowest BCUT2D eigenvalue weighted by Gasteiger charge is -2.18. The zero-order chi connectivity index (χ0) is 19.3. The Kier molecular flexibility index (Phi) is 6.68. The Morgan fingerprint density at radius 1 is 1.46 bits per heavy atom. The number of aliphatic carboxylic acids is 1. The molecule has 12 heteroatoms. The van der Waals surface area contributed by atoms with Gasteiger partial charge in [0.1, 0.15) is 6.10 Å². The third kappa shape index (κ3) is 5.75. The van der Waals surface area contributed by atoms with E-state index >= 15 is 0 Å². The fraction of sp³-hybridized carbons (Fsp3) is 0.500. The molecule has 0 saturated heterocycles. The molecule has 2 rings (SSSR count). The molecule has 3 atom stereocenters. The Labute approximate surface area is 147 Å². The average Bonchev–Trinajstić information content (AvgIpc) is 3.02. The number of rotatable bonds is 9. The van der Waals surface area contributed by atoms with E-state index in [1.807, 2.05) is 0 Å². The Hall–Kier alpha value is -2.04. The van der Waals surface area contributed by atoms with Crippen molar-refractivity contribution >= 4 is 13.7 Å². The van der Waals surface area contributed by atoms with Crippen molar-refractivity contribution in [2.75, 3.05) is 13.2 Å². The number of H-pyrrole nitrogens is 1. The monoisotopic (exact) mass is 389 g/mol. The fourth-order valence-electron chi connectivity index (χ4n) is 2.20. The molecule has 0 bridgehead atoms. The third-order valence-electron chi connectivity index (χ3n) is 3.52. The van der Waals surface area contributed by atoms with Crippen LogP contribution in [0.2, 0.25) is 0 Å². The van der Waals surface area contributed by atoms with Gasteiger partial charge in [-0.2, -0.15) is 0 Å². The number of ether oxygens (including phenoxy) is 1. The van der Waals surface area contributed by atoms with Crippen LogP contribution >= 0.6 is 7.75 Å². The lowest BCUT2D eigenvalue weighted by molar-refractivity contribution is -0.137.